The van der Waals surface area contributed by atoms with Crippen LogP contribution in [0, 0.1) is 0 Å². The minimum absolute atomic E-state index is 0.120. The zero-order chi connectivity index (χ0) is 26.0. The SMILES string of the molecule is CC(C)(C)OC(=O)N1CCC(c2ccc(C(=O)N3CC(N4CCN(c5ccccn5)CC4)C3)cc2)CC1. The molecule has 0 aliphatic carbocycles. The van der Waals surface area contributed by atoms with E-state index in [0.717, 1.165) is 63.5 Å². The lowest BCUT2D eigenvalue weighted by Crippen LogP contribution is -2.64. The number of rotatable bonds is 4. The Morgan fingerprint density at radius 3 is 2.14 bits per heavy atom. The van der Waals surface area contributed by atoms with Gasteiger partial charge < -0.3 is 19.4 Å². The molecular formula is C29H39N5O3. The van der Waals surface area contributed by atoms with E-state index in [-0.39, 0.29) is 12.0 Å². The van der Waals surface area contributed by atoms with E-state index in [2.05, 4.69) is 33.0 Å². The van der Waals surface area contributed by atoms with Crippen LogP contribution in [0.2, 0.25) is 0 Å². The number of aromatic nitrogens is 1. The van der Waals surface area contributed by atoms with Gasteiger partial charge in [0.25, 0.3) is 5.91 Å². The van der Waals surface area contributed by atoms with Crippen molar-refractivity contribution >= 4 is 17.8 Å². The second-order valence-corrected chi connectivity index (χ2v) is 11.4. The van der Waals surface area contributed by atoms with Crippen LogP contribution in [-0.4, -0.2) is 95.7 Å². The molecule has 0 saturated carbocycles. The molecule has 0 unspecified atom stereocenters. The maximum absolute atomic E-state index is 13.0. The Balaban J connectivity index is 1.06. The third kappa shape index (κ3) is 6.06. The quantitative estimate of drug-likeness (QED) is 0.629. The molecule has 5 rings (SSSR count). The topological polar surface area (TPSA) is 69.2 Å². The average molecular weight is 506 g/mol. The number of carbonyl (C=O) groups excluding carboxylic acids is 2. The Morgan fingerprint density at radius 2 is 1.54 bits per heavy atom. The molecule has 8 heteroatoms. The van der Waals surface area contributed by atoms with E-state index in [4.69, 9.17) is 4.74 Å². The molecule has 2 aromatic rings. The van der Waals surface area contributed by atoms with E-state index in [9.17, 15) is 9.59 Å². The largest absolute Gasteiger partial charge is 0.444 e. The summed E-state index contributed by atoms with van der Waals surface area (Å²) in [5, 5.41) is 0. The lowest BCUT2D eigenvalue weighted by molar-refractivity contribution is 0.0203. The maximum Gasteiger partial charge on any atom is 0.410 e. The van der Waals surface area contributed by atoms with Crippen LogP contribution in [0.4, 0.5) is 10.6 Å². The fraction of sp³-hybridized carbons (Fsp3) is 0.552. The molecule has 0 spiro atoms. The van der Waals surface area contributed by atoms with Crippen molar-refractivity contribution in [1.82, 2.24) is 19.7 Å². The second-order valence-electron chi connectivity index (χ2n) is 11.4. The second kappa shape index (κ2) is 10.7. The number of piperidine rings is 1. The van der Waals surface area contributed by atoms with E-state index < -0.39 is 5.60 Å². The number of carbonyl (C=O) groups is 2. The third-order valence-corrected chi connectivity index (χ3v) is 7.73. The smallest absolute Gasteiger partial charge is 0.410 e. The van der Waals surface area contributed by atoms with E-state index in [1.165, 1.54) is 5.56 Å². The van der Waals surface area contributed by atoms with Gasteiger partial charge in [0.15, 0.2) is 0 Å². The van der Waals surface area contributed by atoms with Crippen LogP contribution in [0.5, 0.6) is 0 Å². The summed E-state index contributed by atoms with van der Waals surface area (Å²) in [4.78, 5) is 38.4. The van der Waals surface area contributed by atoms with Crippen LogP contribution in [0.3, 0.4) is 0 Å². The number of piperazine rings is 1. The van der Waals surface area contributed by atoms with Gasteiger partial charge in [-0.15, -0.1) is 0 Å². The van der Waals surface area contributed by atoms with Gasteiger partial charge >= 0.3 is 6.09 Å². The molecule has 198 valence electrons. The number of hydrogen-bond acceptors (Lipinski definition) is 6. The molecule has 0 atom stereocenters. The van der Waals surface area contributed by atoms with Crippen LogP contribution in [0.25, 0.3) is 0 Å². The lowest BCUT2D eigenvalue weighted by Gasteiger charge is -2.48. The molecule has 3 fully saturated rings. The standard InChI is InChI=1S/C29H39N5O3/c1-29(2,3)37-28(36)33-14-11-23(12-15-33)22-7-9-24(10-8-22)27(35)34-20-25(21-34)31-16-18-32(19-17-31)26-6-4-5-13-30-26/h4-10,13,23,25H,11-12,14-21H2,1-3H3. The summed E-state index contributed by atoms with van der Waals surface area (Å²) >= 11 is 0. The Morgan fingerprint density at radius 1 is 0.865 bits per heavy atom. The zero-order valence-electron chi connectivity index (χ0n) is 22.3. The van der Waals surface area contributed by atoms with Gasteiger partial charge in [0.2, 0.25) is 0 Å². The van der Waals surface area contributed by atoms with Gasteiger partial charge in [-0.2, -0.15) is 0 Å². The Hall–Kier alpha value is -3.13. The molecule has 0 radical (unpaired) electrons. The monoisotopic (exact) mass is 505 g/mol. The maximum atomic E-state index is 13.0. The van der Waals surface area contributed by atoms with Crippen molar-refractivity contribution in [3.63, 3.8) is 0 Å². The highest BCUT2D eigenvalue weighted by molar-refractivity contribution is 5.94. The van der Waals surface area contributed by atoms with Crippen molar-refractivity contribution in [2.24, 2.45) is 0 Å². The molecule has 0 bridgehead atoms. The van der Waals surface area contributed by atoms with Gasteiger partial charge in [-0.1, -0.05) is 18.2 Å². The number of pyridine rings is 1. The summed E-state index contributed by atoms with van der Waals surface area (Å²) in [6.07, 6.45) is 3.44. The fourth-order valence-electron chi connectivity index (χ4n) is 5.51. The summed E-state index contributed by atoms with van der Waals surface area (Å²) in [5.41, 5.74) is 1.53. The van der Waals surface area contributed by atoms with E-state index in [0.29, 0.717) is 25.0 Å². The summed E-state index contributed by atoms with van der Waals surface area (Å²) in [6, 6.07) is 14.6. The molecule has 3 saturated heterocycles. The molecule has 1 aromatic heterocycles. The Kier molecular flexibility index (Phi) is 7.38. The van der Waals surface area contributed by atoms with E-state index in [1.807, 2.05) is 56.1 Å². The van der Waals surface area contributed by atoms with Gasteiger partial charge in [0, 0.05) is 70.2 Å². The summed E-state index contributed by atoms with van der Waals surface area (Å²) in [6.45, 7) is 12.6. The van der Waals surface area contributed by atoms with E-state index >= 15 is 0 Å². The lowest BCUT2D eigenvalue weighted by atomic mass is 9.89. The minimum Gasteiger partial charge on any atom is -0.444 e. The summed E-state index contributed by atoms with van der Waals surface area (Å²) in [5.74, 6) is 1.57. The number of ether oxygens (including phenoxy) is 1. The van der Waals surface area contributed by atoms with Gasteiger partial charge in [0.1, 0.15) is 11.4 Å². The summed E-state index contributed by atoms with van der Waals surface area (Å²) in [7, 11) is 0. The molecule has 3 aliphatic rings. The molecular weight excluding hydrogens is 466 g/mol. The van der Waals surface area contributed by atoms with Gasteiger partial charge in [-0.25, -0.2) is 9.78 Å². The molecule has 2 amide bonds. The number of nitrogens with zero attached hydrogens (tertiary/aromatic N) is 5. The van der Waals surface area contributed by atoms with Crippen LogP contribution >= 0.6 is 0 Å². The van der Waals surface area contributed by atoms with Crippen LogP contribution in [0.15, 0.2) is 48.7 Å². The highest BCUT2D eigenvalue weighted by atomic mass is 16.6. The first-order valence-electron chi connectivity index (χ1n) is 13.5. The molecule has 8 nitrogen and oxygen atoms in total. The number of benzene rings is 1. The molecule has 0 N–H and O–H groups in total. The van der Waals surface area contributed by atoms with Gasteiger partial charge in [0.05, 0.1) is 0 Å². The molecule has 4 heterocycles. The first kappa shape index (κ1) is 25.5. The van der Waals surface area contributed by atoms with Gasteiger partial charge in [-0.05, 0) is 69.4 Å². The number of amides is 2. The number of likely N-dealkylation sites (tertiary alicyclic amines) is 2. The zero-order valence-corrected chi connectivity index (χ0v) is 22.3. The first-order chi connectivity index (χ1) is 17.8. The summed E-state index contributed by atoms with van der Waals surface area (Å²) < 4.78 is 5.51. The van der Waals surface area contributed by atoms with Crippen LogP contribution < -0.4 is 4.90 Å². The normalized spacial score (nSPS) is 20.0. The Bertz CT molecular complexity index is 1060. The number of anilines is 1. The molecule has 3 aliphatic heterocycles. The van der Waals surface area contributed by atoms with Crippen LogP contribution in [0.1, 0.15) is 55.5 Å². The predicted octanol–water partition coefficient (Wildman–Crippen LogP) is 3.84. The van der Waals surface area contributed by atoms with Crippen molar-refractivity contribution < 1.29 is 14.3 Å². The van der Waals surface area contributed by atoms with Crippen molar-refractivity contribution in [3.8, 4) is 0 Å². The van der Waals surface area contributed by atoms with Crippen molar-refractivity contribution in [1.29, 1.82) is 0 Å². The predicted molar refractivity (Wildman–Crippen MR) is 144 cm³/mol. The van der Waals surface area contributed by atoms with E-state index in [1.54, 1.807) is 4.90 Å². The number of hydrogen-bond donors (Lipinski definition) is 0. The van der Waals surface area contributed by atoms with Gasteiger partial charge in [-0.3, -0.25) is 9.69 Å². The van der Waals surface area contributed by atoms with Crippen molar-refractivity contribution in [2.45, 2.75) is 51.2 Å². The molecule has 37 heavy (non-hydrogen) atoms. The highest BCUT2D eigenvalue weighted by Crippen LogP contribution is 2.29. The highest BCUT2D eigenvalue weighted by Gasteiger charge is 2.36. The fourth-order valence-corrected chi connectivity index (χ4v) is 5.51. The average Bonchev–Trinajstić information content (AvgIpc) is 2.88. The minimum atomic E-state index is -0.470. The van der Waals surface area contributed by atoms with Crippen LogP contribution in [-0.2, 0) is 4.74 Å². The van der Waals surface area contributed by atoms with Crippen molar-refractivity contribution in [2.75, 3.05) is 57.3 Å². The third-order valence-electron chi connectivity index (χ3n) is 7.73. The molecule has 1 aromatic carbocycles. The van der Waals surface area contributed by atoms with Crippen molar-refractivity contribution in [3.05, 3.63) is 59.8 Å². The first-order valence-corrected chi connectivity index (χ1v) is 13.5. The Labute approximate surface area is 220 Å².